The van der Waals surface area contributed by atoms with E-state index in [9.17, 15) is 27.2 Å². The molecular formula is C16H9ClF4O6. The van der Waals surface area contributed by atoms with Crippen LogP contribution in [-0.4, -0.2) is 28.8 Å². The monoisotopic (exact) mass is 408 g/mol. The highest BCUT2D eigenvalue weighted by Gasteiger charge is 2.37. The van der Waals surface area contributed by atoms with Crippen LogP contribution in [0.4, 0.5) is 17.6 Å². The number of hydrogen-bond donors (Lipinski definition) is 2. The highest BCUT2D eigenvalue weighted by atomic mass is 35.5. The Hall–Kier alpha value is -3.01. The van der Waals surface area contributed by atoms with Crippen LogP contribution < -0.4 is 9.47 Å². The van der Waals surface area contributed by atoms with Crippen LogP contribution >= 0.6 is 11.6 Å². The predicted octanol–water partition coefficient (Wildman–Crippen LogP) is 4.45. The van der Waals surface area contributed by atoms with Gasteiger partial charge in [-0.25, -0.2) is 14.0 Å². The Balaban J connectivity index is 2.34. The summed E-state index contributed by atoms with van der Waals surface area (Å²) in [5.74, 6) is -5.32. The van der Waals surface area contributed by atoms with Crippen LogP contribution in [0.3, 0.4) is 0 Å². The van der Waals surface area contributed by atoms with E-state index < -0.39 is 52.4 Å². The first-order chi connectivity index (χ1) is 12.5. The van der Waals surface area contributed by atoms with Gasteiger partial charge in [-0.05, 0) is 18.2 Å². The van der Waals surface area contributed by atoms with Crippen molar-refractivity contribution in [3.05, 3.63) is 52.3 Å². The number of rotatable bonds is 6. The maximum atomic E-state index is 13.7. The molecule has 0 atom stereocenters. The van der Waals surface area contributed by atoms with Crippen LogP contribution in [0.2, 0.25) is 5.02 Å². The van der Waals surface area contributed by atoms with Gasteiger partial charge in [0.25, 0.3) is 0 Å². The fourth-order valence-electron chi connectivity index (χ4n) is 2.02. The molecule has 0 saturated heterocycles. The molecule has 0 bridgehead atoms. The molecule has 0 amide bonds. The lowest BCUT2D eigenvalue weighted by Crippen LogP contribution is -2.12. The fraction of sp³-hybridized carbons (Fsp3) is 0.125. The van der Waals surface area contributed by atoms with Crippen LogP contribution in [0.5, 0.6) is 17.2 Å². The lowest BCUT2D eigenvalue weighted by molar-refractivity contribution is -0.140. The Labute approximate surface area is 153 Å². The second-order valence-corrected chi connectivity index (χ2v) is 5.41. The molecule has 27 heavy (non-hydrogen) atoms. The summed E-state index contributed by atoms with van der Waals surface area (Å²) in [5.41, 5.74) is -2.12. The van der Waals surface area contributed by atoms with Gasteiger partial charge in [0.05, 0.1) is 5.02 Å². The number of aliphatic carboxylic acids is 1. The second-order valence-electron chi connectivity index (χ2n) is 5.01. The van der Waals surface area contributed by atoms with Crippen LogP contribution in [0.1, 0.15) is 15.9 Å². The van der Waals surface area contributed by atoms with Gasteiger partial charge in [0, 0.05) is 12.1 Å². The molecule has 0 aromatic heterocycles. The fourth-order valence-corrected chi connectivity index (χ4v) is 2.33. The number of carboxylic acids is 2. The first kappa shape index (κ1) is 20.3. The molecule has 0 spiro atoms. The van der Waals surface area contributed by atoms with E-state index >= 15 is 0 Å². The van der Waals surface area contributed by atoms with Gasteiger partial charge in [-0.3, -0.25) is 0 Å². The number of ether oxygens (including phenoxy) is 2. The minimum absolute atomic E-state index is 0.176. The molecule has 2 aromatic rings. The SMILES string of the molecule is O=C(O)COc1ccc(Oc2cc(F)c(C(F)(F)F)c(Cl)c2)cc1C(=O)O. The number of carboxylic acid groups (broad SMARTS) is 2. The minimum Gasteiger partial charge on any atom is -0.481 e. The lowest BCUT2D eigenvalue weighted by atomic mass is 10.1. The summed E-state index contributed by atoms with van der Waals surface area (Å²) in [7, 11) is 0. The first-order valence-corrected chi connectivity index (χ1v) is 7.33. The molecular weight excluding hydrogens is 400 g/mol. The van der Waals surface area contributed by atoms with Gasteiger partial charge in [-0.15, -0.1) is 0 Å². The quantitative estimate of drug-likeness (QED) is 0.686. The third-order valence-corrected chi connectivity index (χ3v) is 3.37. The smallest absolute Gasteiger partial charge is 0.420 e. The molecule has 0 fully saturated rings. The second kappa shape index (κ2) is 7.70. The van der Waals surface area contributed by atoms with Crippen molar-refractivity contribution in [2.75, 3.05) is 6.61 Å². The molecule has 6 nitrogen and oxygen atoms in total. The summed E-state index contributed by atoms with van der Waals surface area (Å²) in [6.45, 7) is -0.791. The zero-order valence-electron chi connectivity index (χ0n) is 13.0. The summed E-state index contributed by atoms with van der Waals surface area (Å²) >= 11 is 5.45. The number of alkyl halides is 3. The average Bonchev–Trinajstić information content (AvgIpc) is 2.51. The zero-order valence-corrected chi connectivity index (χ0v) is 13.8. The van der Waals surface area contributed by atoms with Crippen LogP contribution in [0.25, 0.3) is 0 Å². The third kappa shape index (κ3) is 5.00. The van der Waals surface area contributed by atoms with Crippen molar-refractivity contribution < 1.29 is 46.8 Å². The molecule has 0 radical (unpaired) electrons. The summed E-state index contributed by atoms with van der Waals surface area (Å²) < 4.78 is 61.8. The highest BCUT2D eigenvalue weighted by Crippen LogP contribution is 2.39. The Morgan fingerprint density at radius 2 is 1.74 bits per heavy atom. The molecule has 2 rings (SSSR count). The summed E-state index contributed by atoms with van der Waals surface area (Å²) in [4.78, 5) is 21.7. The maximum Gasteiger partial charge on any atom is 0.420 e. The van der Waals surface area contributed by atoms with E-state index in [0.717, 1.165) is 24.3 Å². The van der Waals surface area contributed by atoms with Gasteiger partial charge in [-0.2, -0.15) is 13.2 Å². The lowest BCUT2D eigenvalue weighted by Gasteiger charge is -2.13. The highest BCUT2D eigenvalue weighted by molar-refractivity contribution is 6.31. The summed E-state index contributed by atoms with van der Waals surface area (Å²) in [6.07, 6.45) is -5.00. The molecule has 0 saturated carbocycles. The molecule has 2 aromatic carbocycles. The van der Waals surface area contributed by atoms with Gasteiger partial charge in [0.2, 0.25) is 0 Å². The normalized spacial score (nSPS) is 11.1. The topological polar surface area (TPSA) is 93.1 Å². The molecule has 0 aliphatic heterocycles. The Morgan fingerprint density at radius 3 is 2.26 bits per heavy atom. The number of hydrogen-bond acceptors (Lipinski definition) is 4. The van der Waals surface area contributed by atoms with Gasteiger partial charge < -0.3 is 19.7 Å². The zero-order chi connectivity index (χ0) is 20.4. The van der Waals surface area contributed by atoms with Crippen molar-refractivity contribution in [2.24, 2.45) is 0 Å². The molecule has 144 valence electrons. The maximum absolute atomic E-state index is 13.7. The van der Waals surface area contributed by atoms with Gasteiger partial charge >= 0.3 is 18.1 Å². The van der Waals surface area contributed by atoms with E-state index in [1.165, 1.54) is 0 Å². The predicted molar refractivity (Wildman–Crippen MR) is 83.0 cm³/mol. The van der Waals surface area contributed by atoms with E-state index in [4.69, 9.17) is 31.3 Å². The van der Waals surface area contributed by atoms with Crippen LogP contribution in [0.15, 0.2) is 30.3 Å². The summed E-state index contributed by atoms with van der Waals surface area (Å²) in [6, 6.07) is 4.35. The first-order valence-electron chi connectivity index (χ1n) is 6.95. The van der Waals surface area contributed by atoms with E-state index in [0.29, 0.717) is 6.07 Å². The van der Waals surface area contributed by atoms with Crippen molar-refractivity contribution in [2.45, 2.75) is 6.18 Å². The van der Waals surface area contributed by atoms with Crippen molar-refractivity contribution in [1.82, 2.24) is 0 Å². The largest absolute Gasteiger partial charge is 0.481 e. The van der Waals surface area contributed by atoms with Crippen LogP contribution in [0, 0.1) is 5.82 Å². The molecule has 0 aliphatic rings. The third-order valence-electron chi connectivity index (χ3n) is 3.07. The number of benzene rings is 2. The Morgan fingerprint density at radius 1 is 1.07 bits per heavy atom. The standard InChI is InChI=1S/C16H9ClF4O6/c17-10-4-8(5-11(18)14(10)16(19,20)21)27-7-1-2-12(26-6-13(22)23)9(3-7)15(24)25/h1-5H,6H2,(H,22,23)(H,24,25). The van der Waals surface area contributed by atoms with Crippen molar-refractivity contribution in [3.63, 3.8) is 0 Å². The van der Waals surface area contributed by atoms with Crippen LogP contribution in [-0.2, 0) is 11.0 Å². The molecule has 2 N–H and O–H groups in total. The summed E-state index contributed by atoms with van der Waals surface area (Å²) in [5, 5.41) is 16.8. The van der Waals surface area contributed by atoms with Crippen molar-refractivity contribution >= 4 is 23.5 Å². The van der Waals surface area contributed by atoms with Gasteiger partial charge in [-0.1, -0.05) is 11.6 Å². The van der Waals surface area contributed by atoms with Crippen molar-refractivity contribution in [3.8, 4) is 17.2 Å². The molecule has 11 heteroatoms. The van der Waals surface area contributed by atoms with E-state index in [1.54, 1.807) is 0 Å². The van der Waals surface area contributed by atoms with Gasteiger partial charge in [0.1, 0.15) is 34.2 Å². The Kier molecular flexibility index (Phi) is 5.79. The minimum atomic E-state index is -5.00. The number of aromatic carboxylic acids is 1. The van der Waals surface area contributed by atoms with E-state index in [2.05, 4.69) is 0 Å². The van der Waals surface area contributed by atoms with Crippen molar-refractivity contribution in [1.29, 1.82) is 0 Å². The van der Waals surface area contributed by atoms with Gasteiger partial charge in [0.15, 0.2) is 6.61 Å². The average molecular weight is 409 g/mol. The molecule has 0 aliphatic carbocycles. The molecule has 0 heterocycles. The Bertz CT molecular complexity index is 874. The number of halogens is 5. The number of carbonyl (C=O) groups is 2. The van der Waals surface area contributed by atoms with E-state index in [-0.39, 0.29) is 11.5 Å². The molecule has 0 unspecified atom stereocenters. The van der Waals surface area contributed by atoms with E-state index in [1.807, 2.05) is 0 Å².